The van der Waals surface area contributed by atoms with E-state index in [0.717, 1.165) is 52.5 Å². The van der Waals surface area contributed by atoms with Crippen molar-refractivity contribution in [1.82, 2.24) is 29.8 Å². The number of hydrogen-bond acceptors (Lipinski definition) is 5. The van der Waals surface area contributed by atoms with Crippen molar-refractivity contribution >= 4 is 33.1 Å². The maximum Gasteiger partial charge on any atom is 0.264 e. The van der Waals surface area contributed by atoms with Crippen LogP contribution in [-0.2, 0) is 0 Å². The molecule has 0 unspecified atom stereocenters. The number of carbonyl (C=O) groups is 1. The summed E-state index contributed by atoms with van der Waals surface area (Å²) >= 11 is 1.60. The quantitative estimate of drug-likeness (QED) is 0.526. The van der Waals surface area contributed by atoms with Crippen LogP contribution in [0.5, 0.6) is 0 Å². The van der Waals surface area contributed by atoms with E-state index in [1.807, 2.05) is 21.7 Å². The summed E-state index contributed by atoms with van der Waals surface area (Å²) in [5.74, 6) is 0.454. The zero-order chi connectivity index (χ0) is 21.0. The zero-order valence-electron chi connectivity index (χ0n) is 17.7. The third kappa shape index (κ3) is 3.11. The van der Waals surface area contributed by atoms with Gasteiger partial charge >= 0.3 is 0 Å². The lowest BCUT2D eigenvalue weighted by molar-refractivity contribution is 0.0714. The lowest BCUT2D eigenvalue weighted by atomic mass is 9.99. The molecule has 30 heavy (non-hydrogen) atoms. The van der Waals surface area contributed by atoms with Gasteiger partial charge in [-0.2, -0.15) is 5.10 Å². The number of aryl methyl sites for hydroxylation is 1. The standard InChI is InChI=1S/C22H26N6OS/c1-12(2)18-19(15-7-13(3)21-24-11-25-28(21)10-15)26-16-8-17(30-20(16)18)22(29)27-6-5-23-14(4)9-27/h7-8,10-12,14,23,26H,5-6,9H2,1-4H3/t14-/m0/s1. The van der Waals surface area contributed by atoms with Crippen molar-refractivity contribution in [2.24, 2.45) is 0 Å². The van der Waals surface area contributed by atoms with Crippen LogP contribution in [0.3, 0.4) is 0 Å². The van der Waals surface area contributed by atoms with Gasteiger partial charge in [-0.05, 0) is 43.0 Å². The maximum absolute atomic E-state index is 13.1. The van der Waals surface area contributed by atoms with Crippen LogP contribution < -0.4 is 5.32 Å². The van der Waals surface area contributed by atoms with Crippen LogP contribution in [0.2, 0.25) is 0 Å². The van der Waals surface area contributed by atoms with Gasteiger partial charge in [0.1, 0.15) is 6.33 Å². The molecule has 1 saturated heterocycles. The van der Waals surface area contributed by atoms with E-state index < -0.39 is 0 Å². The van der Waals surface area contributed by atoms with E-state index in [4.69, 9.17) is 0 Å². The fourth-order valence-electron chi connectivity index (χ4n) is 4.39. The van der Waals surface area contributed by atoms with E-state index in [0.29, 0.717) is 12.0 Å². The fraction of sp³-hybridized carbons (Fsp3) is 0.409. The molecule has 0 bridgehead atoms. The predicted molar refractivity (Wildman–Crippen MR) is 120 cm³/mol. The average molecular weight is 423 g/mol. The van der Waals surface area contributed by atoms with Crippen molar-refractivity contribution in [1.29, 1.82) is 0 Å². The lowest BCUT2D eigenvalue weighted by Crippen LogP contribution is -2.51. The number of rotatable bonds is 3. The molecule has 0 saturated carbocycles. The van der Waals surface area contributed by atoms with E-state index in [2.05, 4.69) is 54.1 Å². The molecule has 156 valence electrons. The molecule has 0 aliphatic carbocycles. The molecule has 1 atom stereocenters. The van der Waals surface area contributed by atoms with Gasteiger partial charge in [0, 0.05) is 37.4 Å². The Balaban J connectivity index is 1.58. The normalized spacial score (nSPS) is 17.5. The molecule has 7 nitrogen and oxygen atoms in total. The van der Waals surface area contributed by atoms with Gasteiger partial charge in [0.15, 0.2) is 5.65 Å². The summed E-state index contributed by atoms with van der Waals surface area (Å²) in [5.41, 5.74) is 6.42. The van der Waals surface area contributed by atoms with Crippen LogP contribution in [0.15, 0.2) is 24.7 Å². The van der Waals surface area contributed by atoms with Crippen LogP contribution in [-0.4, -0.2) is 56.1 Å². The molecule has 4 aromatic heterocycles. The molecule has 0 spiro atoms. The number of piperazine rings is 1. The fourth-order valence-corrected chi connectivity index (χ4v) is 5.67. The first-order valence-corrected chi connectivity index (χ1v) is 11.2. The van der Waals surface area contributed by atoms with Crippen molar-refractivity contribution in [3.05, 3.63) is 40.7 Å². The Labute approximate surface area is 179 Å². The SMILES string of the molecule is Cc1cc(-c2[nH]c3cc(C(=O)N4CCN[C@@H](C)C4)sc3c2C(C)C)cn2ncnc12. The maximum atomic E-state index is 13.1. The minimum atomic E-state index is 0.133. The number of carbonyl (C=O) groups excluding carboxylic acids is 1. The van der Waals surface area contributed by atoms with Crippen molar-refractivity contribution in [2.75, 3.05) is 19.6 Å². The smallest absolute Gasteiger partial charge is 0.264 e. The summed E-state index contributed by atoms with van der Waals surface area (Å²) in [6.07, 6.45) is 3.60. The summed E-state index contributed by atoms with van der Waals surface area (Å²) in [6.45, 7) is 10.9. The summed E-state index contributed by atoms with van der Waals surface area (Å²) in [4.78, 5) is 23.8. The second-order valence-electron chi connectivity index (χ2n) is 8.47. The van der Waals surface area contributed by atoms with Gasteiger partial charge in [0.2, 0.25) is 0 Å². The summed E-state index contributed by atoms with van der Waals surface area (Å²) in [7, 11) is 0. The highest BCUT2D eigenvalue weighted by Gasteiger charge is 2.26. The minimum Gasteiger partial charge on any atom is -0.354 e. The Morgan fingerprint density at radius 1 is 1.33 bits per heavy atom. The lowest BCUT2D eigenvalue weighted by Gasteiger charge is -2.31. The van der Waals surface area contributed by atoms with Gasteiger partial charge in [0.25, 0.3) is 5.91 Å². The Bertz CT molecular complexity index is 1250. The van der Waals surface area contributed by atoms with Gasteiger partial charge in [-0.1, -0.05) is 13.8 Å². The first-order valence-electron chi connectivity index (χ1n) is 10.4. The first-order chi connectivity index (χ1) is 14.4. The molecular weight excluding hydrogens is 396 g/mol. The number of aromatic nitrogens is 4. The molecule has 4 aromatic rings. The van der Waals surface area contributed by atoms with Gasteiger partial charge in [-0.3, -0.25) is 4.79 Å². The van der Waals surface area contributed by atoms with Crippen LogP contribution in [0.4, 0.5) is 0 Å². The number of nitrogens with one attached hydrogen (secondary N) is 2. The third-order valence-electron chi connectivity index (χ3n) is 5.80. The van der Waals surface area contributed by atoms with Gasteiger partial charge in [-0.25, -0.2) is 9.50 Å². The number of amides is 1. The molecule has 1 fully saturated rings. The number of hydrogen-bond donors (Lipinski definition) is 2. The Morgan fingerprint density at radius 2 is 2.17 bits per heavy atom. The molecule has 0 aromatic carbocycles. The van der Waals surface area contributed by atoms with Gasteiger partial charge < -0.3 is 15.2 Å². The topological polar surface area (TPSA) is 78.3 Å². The molecule has 5 rings (SSSR count). The van der Waals surface area contributed by atoms with Crippen molar-refractivity contribution in [3.8, 4) is 11.3 Å². The second-order valence-corrected chi connectivity index (χ2v) is 9.52. The van der Waals surface area contributed by atoms with Gasteiger partial charge in [-0.15, -0.1) is 11.3 Å². The molecule has 5 heterocycles. The monoisotopic (exact) mass is 422 g/mol. The zero-order valence-corrected chi connectivity index (χ0v) is 18.5. The number of nitrogens with zero attached hydrogens (tertiary/aromatic N) is 4. The summed E-state index contributed by atoms with van der Waals surface area (Å²) in [6, 6.07) is 4.50. The average Bonchev–Trinajstić information content (AvgIpc) is 3.40. The van der Waals surface area contributed by atoms with Crippen LogP contribution in [0.1, 0.15) is 47.5 Å². The highest BCUT2D eigenvalue weighted by molar-refractivity contribution is 7.21. The van der Waals surface area contributed by atoms with E-state index >= 15 is 0 Å². The number of fused-ring (bicyclic) bond motifs is 2. The highest BCUT2D eigenvalue weighted by atomic mass is 32.1. The first kappa shape index (κ1) is 19.3. The van der Waals surface area contributed by atoms with E-state index in [-0.39, 0.29) is 5.91 Å². The van der Waals surface area contributed by atoms with E-state index in [9.17, 15) is 4.79 Å². The van der Waals surface area contributed by atoms with Gasteiger partial charge in [0.05, 0.1) is 20.8 Å². The highest BCUT2D eigenvalue weighted by Crippen LogP contribution is 2.40. The minimum absolute atomic E-state index is 0.133. The third-order valence-corrected chi connectivity index (χ3v) is 6.95. The molecular formula is C22H26N6OS. The van der Waals surface area contributed by atoms with E-state index in [1.165, 1.54) is 10.3 Å². The Hall–Kier alpha value is -2.71. The Morgan fingerprint density at radius 3 is 2.93 bits per heavy atom. The molecule has 0 radical (unpaired) electrons. The molecule has 2 N–H and O–H groups in total. The summed E-state index contributed by atoms with van der Waals surface area (Å²) < 4.78 is 2.99. The van der Waals surface area contributed by atoms with Crippen molar-refractivity contribution in [2.45, 2.75) is 39.7 Å². The molecule has 8 heteroatoms. The molecule has 1 amide bonds. The number of pyridine rings is 1. The summed E-state index contributed by atoms with van der Waals surface area (Å²) in [5, 5.41) is 7.71. The predicted octanol–water partition coefficient (Wildman–Crippen LogP) is 3.80. The molecule has 1 aliphatic heterocycles. The van der Waals surface area contributed by atoms with Crippen LogP contribution in [0.25, 0.3) is 27.1 Å². The number of H-pyrrole nitrogens is 1. The second kappa shape index (κ2) is 7.21. The number of thiophene rings is 1. The van der Waals surface area contributed by atoms with Crippen molar-refractivity contribution in [3.63, 3.8) is 0 Å². The van der Waals surface area contributed by atoms with E-state index in [1.54, 1.807) is 17.7 Å². The van der Waals surface area contributed by atoms with Crippen LogP contribution >= 0.6 is 11.3 Å². The van der Waals surface area contributed by atoms with Crippen molar-refractivity contribution < 1.29 is 4.79 Å². The van der Waals surface area contributed by atoms with Crippen LogP contribution in [0, 0.1) is 6.92 Å². The number of aromatic amines is 1. The Kier molecular flexibility index (Phi) is 4.63. The largest absolute Gasteiger partial charge is 0.354 e. The molecule has 1 aliphatic rings.